The van der Waals surface area contributed by atoms with Crippen molar-refractivity contribution in [3.63, 3.8) is 0 Å². The largest absolute Gasteiger partial charge is 0.431 e. The van der Waals surface area contributed by atoms with Gasteiger partial charge in [-0.25, -0.2) is 4.98 Å². The molecule has 4 nitrogen and oxygen atoms in total. The number of halogens is 1. The summed E-state index contributed by atoms with van der Waals surface area (Å²) in [5.74, 6) is 0.759. The van der Waals surface area contributed by atoms with E-state index in [1.165, 1.54) is 11.8 Å². The van der Waals surface area contributed by atoms with Gasteiger partial charge >= 0.3 is 0 Å². The summed E-state index contributed by atoms with van der Waals surface area (Å²) in [6.45, 7) is 1.87. The second-order valence-electron chi connectivity index (χ2n) is 5.11. The lowest BCUT2D eigenvalue weighted by Crippen LogP contribution is -2.14. The first-order valence-corrected chi connectivity index (χ1v) is 8.69. The predicted octanol–water partition coefficient (Wildman–Crippen LogP) is 5.03. The van der Waals surface area contributed by atoms with E-state index < -0.39 is 0 Å². The van der Waals surface area contributed by atoms with Gasteiger partial charge in [0.05, 0.1) is 11.9 Å². The lowest BCUT2D eigenvalue weighted by atomic mass is 10.2. The number of nitrogens with zero attached hydrogens (tertiary/aromatic N) is 1. The highest BCUT2D eigenvalue weighted by Crippen LogP contribution is 2.26. The highest BCUT2D eigenvalue weighted by atomic mass is 35.5. The molecule has 0 bridgehead atoms. The average Bonchev–Trinajstić information content (AvgIpc) is 3.07. The van der Waals surface area contributed by atoms with Crippen molar-refractivity contribution < 1.29 is 9.21 Å². The van der Waals surface area contributed by atoms with Gasteiger partial charge in [0.1, 0.15) is 0 Å². The Kier molecular flexibility index (Phi) is 5.23. The normalized spacial score (nSPS) is 10.6. The average molecular weight is 359 g/mol. The molecule has 0 aliphatic rings. The van der Waals surface area contributed by atoms with Gasteiger partial charge in [0.25, 0.3) is 5.22 Å². The molecule has 2 aromatic carbocycles. The minimum Gasteiger partial charge on any atom is -0.431 e. The van der Waals surface area contributed by atoms with Gasteiger partial charge < -0.3 is 9.73 Å². The van der Waals surface area contributed by atoms with E-state index in [9.17, 15) is 4.79 Å². The number of rotatable bonds is 5. The quantitative estimate of drug-likeness (QED) is 0.649. The molecule has 0 aliphatic heterocycles. The van der Waals surface area contributed by atoms with Crippen molar-refractivity contribution in [1.29, 1.82) is 0 Å². The standard InChI is InChI=1S/C18H15ClN2O2S/c1-12-14(19)8-5-9-15(12)21-17(22)11-24-18-20-10-16(23-18)13-6-3-2-4-7-13/h2-10H,11H2,1H3,(H,21,22). The van der Waals surface area contributed by atoms with Crippen molar-refractivity contribution in [3.8, 4) is 11.3 Å². The molecule has 122 valence electrons. The number of benzene rings is 2. The Balaban J connectivity index is 1.59. The highest BCUT2D eigenvalue weighted by Gasteiger charge is 2.11. The van der Waals surface area contributed by atoms with E-state index in [1.807, 2.05) is 43.3 Å². The number of oxazole rings is 1. The monoisotopic (exact) mass is 358 g/mol. The molecule has 1 N–H and O–H groups in total. The smallest absolute Gasteiger partial charge is 0.256 e. The molecule has 0 aliphatic carbocycles. The summed E-state index contributed by atoms with van der Waals surface area (Å²) in [4.78, 5) is 16.3. The fourth-order valence-electron chi connectivity index (χ4n) is 2.12. The van der Waals surface area contributed by atoms with Gasteiger partial charge in [-0.15, -0.1) is 0 Å². The number of hydrogen-bond donors (Lipinski definition) is 1. The van der Waals surface area contributed by atoms with E-state index in [0.717, 1.165) is 11.1 Å². The van der Waals surface area contributed by atoms with E-state index in [4.69, 9.17) is 16.0 Å². The van der Waals surface area contributed by atoms with Crippen molar-refractivity contribution in [2.75, 3.05) is 11.1 Å². The van der Waals surface area contributed by atoms with Gasteiger partial charge in [-0.3, -0.25) is 4.79 Å². The molecule has 0 unspecified atom stereocenters. The van der Waals surface area contributed by atoms with Crippen LogP contribution < -0.4 is 5.32 Å². The molecule has 0 atom stereocenters. The minimum atomic E-state index is -0.134. The Morgan fingerprint density at radius 2 is 2.00 bits per heavy atom. The number of anilines is 1. The van der Waals surface area contributed by atoms with Crippen LogP contribution in [0.3, 0.4) is 0 Å². The van der Waals surface area contributed by atoms with Crippen LogP contribution in [0.2, 0.25) is 5.02 Å². The summed E-state index contributed by atoms with van der Waals surface area (Å²) in [7, 11) is 0. The van der Waals surface area contributed by atoms with Gasteiger partial charge in [-0.1, -0.05) is 59.8 Å². The minimum absolute atomic E-state index is 0.134. The molecule has 0 saturated heterocycles. The number of nitrogens with one attached hydrogen (secondary N) is 1. The Bertz CT molecular complexity index is 849. The number of hydrogen-bond acceptors (Lipinski definition) is 4. The third-order valence-electron chi connectivity index (χ3n) is 3.41. The van der Waals surface area contributed by atoms with E-state index in [1.54, 1.807) is 18.3 Å². The van der Waals surface area contributed by atoms with Crippen LogP contribution in [0.25, 0.3) is 11.3 Å². The summed E-state index contributed by atoms with van der Waals surface area (Å²) in [5, 5.41) is 3.94. The Morgan fingerprint density at radius 1 is 1.21 bits per heavy atom. The SMILES string of the molecule is Cc1c(Cl)cccc1NC(=O)CSc1ncc(-c2ccccc2)o1. The Hall–Kier alpha value is -2.24. The number of carbonyl (C=O) groups excluding carboxylic acids is 1. The zero-order valence-electron chi connectivity index (χ0n) is 13.0. The molecular weight excluding hydrogens is 344 g/mol. The van der Waals surface area contributed by atoms with E-state index in [0.29, 0.717) is 21.7 Å². The zero-order chi connectivity index (χ0) is 16.9. The molecule has 1 aromatic heterocycles. The maximum Gasteiger partial charge on any atom is 0.256 e. The van der Waals surface area contributed by atoms with Gasteiger partial charge in [0, 0.05) is 16.3 Å². The molecule has 1 heterocycles. The molecule has 0 radical (unpaired) electrons. The van der Waals surface area contributed by atoms with Crippen LogP contribution in [0.1, 0.15) is 5.56 Å². The third-order valence-corrected chi connectivity index (χ3v) is 4.66. The van der Waals surface area contributed by atoms with Gasteiger partial charge in [-0.05, 0) is 24.6 Å². The molecule has 6 heteroatoms. The number of amides is 1. The first-order chi connectivity index (χ1) is 11.6. The van der Waals surface area contributed by atoms with Gasteiger partial charge in [0.15, 0.2) is 5.76 Å². The van der Waals surface area contributed by atoms with Crippen LogP contribution in [0.15, 0.2) is 64.4 Å². The number of carbonyl (C=O) groups is 1. The second-order valence-corrected chi connectivity index (χ2v) is 6.44. The van der Waals surface area contributed by atoms with Gasteiger partial charge in [-0.2, -0.15) is 0 Å². The maximum absolute atomic E-state index is 12.1. The molecule has 24 heavy (non-hydrogen) atoms. The fourth-order valence-corrected chi connectivity index (χ4v) is 2.89. The summed E-state index contributed by atoms with van der Waals surface area (Å²) in [6.07, 6.45) is 1.66. The van der Waals surface area contributed by atoms with Crippen LogP contribution in [0.5, 0.6) is 0 Å². The molecular formula is C18H15ClN2O2S. The zero-order valence-corrected chi connectivity index (χ0v) is 14.5. The molecule has 3 aromatic rings. The molecule has 0 fully saturated rings. The Morgan fingerprint density at radius 3 is 2.79 bits per heavy atom. The van der Waals surface area contributed by atoms with Crippen LogP contribution in [0, 0.1) is 6.92 Å². The first-order valence-electron chi connectivity index (χ1n) is 7.32. The van der Waals surface area contributed by atoms with Crippen LogP contribution in [-0.2, 0) is 4.79 Å². The summed E-state index contributed by atoms with van der Waals surface area (Å²) in [6, 6.07) is 15.1. The maximum atomic E-state index is 12.1. The van der Waals surface area contributed by atoms with Crippen molar-refractivity contribution in [3.05, 3.63) is 65.3 Å². The summed E-state index contributed by atoms with van der Waals surface area (Å²) in [5.41, 5.74) is 2.52. The molecule has 0 saturated carbocycles. The van der Waals surface area contributed by atoms with Crippen molar-refractivity contribution >= 4 is 35.0 Å². The van der Waals surface area contributed by atoms with Crippen LogP contribution in [0.4, 0.5) is 5.69 Å². The molecule has 1 amide bonds. The highest BCUT2D eigenvalue weighted by molar-refractivity contribution is 7.99. The molecule has 3 rings (SSSR count). The summed E-state index contributed by atoms with van der Waals surface area (Å²) >= 11 is 7.30. The third kappa shape index (κ3) is 3.99. The van der Waals surface area contributed by atoms with Crippen LogP contribution in [-0.4, -0.2) is 16.6 Å². The van der Waals surface area contributed by atoms with Crippen molar-refractivity contribution in [2.24, 2.45) is 0 Å². The summed E-state index contributed by atoms with van der Waals surface area (Å²) < 4.78 is 5.66. The first kappa shape index (κ1) is 16.6. The predicted molar refractivity (Wildman–Crippen MR) is 97.5 cm³/mol. The number of thioether (sulfide) groups is 1. The van der Waals surface area contributed by atoms with E-state index in [2.05, 4.69) is 10.3 Å². The number of aromatic nitrogens is 1. The van der Waals surface area contributed by atoms with E-state index >= 15 is 0 Å². The molecule has 0 spiro atoms. The topological polar surface area (TPSA) is 55.1 Å². The second kappa shape index (κ2) is 7.55. The van der Waals surface area contributed by atoms with Crippen molar-refractivity contribution in [1.82, 2.24) is 4.98 Å². The lowest BCUT2D eigenvalue weighted by molar-refractivity contribution is -0.113. The van der Waals surface area contributed by atoms with E-state index in [-0.39, 0.29) is 11.7 Å². The Labute approximate surface area is 149 Å². The van der Waals surface area contributed by atoms with Gasteiger partial charge in [0.2, 0.25) is 5.91 Å². The van der Waals surface area contributed by atoms with Crippen LogP contribution >= 0.6 is 23.4 Å². The fraction of sp³-hybridized carbons (Fsp3) is 0.111. The lowest BCUT2D eigenvalue weighted by Gasteiger charge is -2.08. The van der Waals surface area contributed by atoms with Crippen molar-refractivity contribution in [2.45, 2.75) is 12.1 Å².